The Labute approximate surface area is 124 Å². The summed E-state index contributed by atoms with van der Waals surface area (Å²) in [5.74, 6) is 0.976. The molecule has 110 valence electrons. The zero-order valence-electron chi connectivity index (χ0n) is 12.2. The molecule has 0 aliphatic carbocycles. The molecule has 0 aromatic heterocycles. The van der Waals surface area contributed by atoms with Crippen LogP contribution in [-0.2, 0) is 0 Å². The lowest BCUT2D eigenvalue weighted by atomic mass is 10.1. The second kappa shape index (κ2) is 7.09. The number of nitrogens with zero attached hydrogens (tertiary/aromatic N) is 1. The second-order valence-electron chi connectivity index (χ2n) is 4.59. The molecule has 0 saturated carbocycles. The smallest absolute Gasteiger partial charge is 0.253 e. The van der Waals surface area contributed by atoms with Gasteiger partial charge in [0, 0.05) is 31.1 Å². The van der Waals surface area contributed by atoms with Gasteiger partial charge in [-0.3, -0.25) is 4.79 Å². The molecule has 1 aromatic carbocycles. The summed E-state index contributed by atoms with van der Waals surface area (Å²) in [5, 5.41) is 0. The van der Waals surface area contributed by atoms with Crippen molar-refractivity contribution in [1.29, 1.82) is 0 Å². The number of methoxy groups -OCH3 is 2. The zero-order valence-corrected chi connectivity index (χ0v) is 13.0. The fourth-order valence-corrected chi connectivity index (χ4v) is 1.81. The predicted molar refractivity (Wildman–Crippen MR) is 82.5 cm³/mol. The lowest BCUT2D eigenvalue weighted by Crippen LogP contribution is -2.35. The molecule has 0 heterocycles. The van der Waals surface area contributed by atoms with Gasteiger partial charge in [0.25, 0.3) is 5.91 Å². The molecular formula is C14H20N2O3S. The van der Waals surface area contributed by atoms with Crippen LogP contribution in [0.3, 0.4) is 0 Å². The van der Waals surface area contributed by atoms with Gasteiger partial charge in [-0.15, -0.1) is 0 Å². The maximum Gasteiger partial charge on any atom is 0.253 e. The fourth-order valence-electron chi connectivity index (χ4n) is 1.73. The summed E-state index contributed by atoms with van der Waals surface area (Å²) >= 11 is 4.92. The SMILES string of the molecule is COc1cc(OC)cc(C(=O)N(C)CC(C)C(N)=S)c1. The number of ether oxygens (including phenoxy) is 2. The molecule has 0 saturated heterocycles. The summed E-state index contributed by atoms with van der Waals surface area (Å²) < 4.78 is 10.3. The number of amides is 1. The van der Waals surface area contributed by atoms with Crippen molar-refractivity contribution in [3.8, 4) is 11.5 Å². The largest absolute Gasteiger partial charge is 0.497 e. The highest BCUT2D eigenvalue weighted by molar-refractivity contribution is 7.80. The number of thiocarbonyl (C=S) groups is 1. The highest BCUT2D eigenvalue weighted by atomic mass is 32.1. The van der Waals surface area contributed by atoms with Crippen molar-refractivity contribution < 1.29 is 14.3 Å². The maximum absolute atomic E-state index is 12.4. The predicted octanol–water partition coefficient (Wildman–Crippen LogP) is 1.70. The second-order valence-corrected chi connectivity index (χ2v) is 5.06. The summed E-state index contributed by atoms with van der Waals surface area (Å²) in [7, 11) is 4.80. The molecule has 0 bridgehead atoms. The van der Waals surface area contributed by atoms with Gasteiger partial charge >= 0.3 is 0 Å². The van der Waals surface area contributed by atoms with E-state index in [1.165, 1.54) is 0 Å². The Kier molecular flexibility index (Phi) is 5.76. The Bertz CT molecular complexity index is 483. The fraction of sp³-hybridized carbons (Fsp3) is 0.429. The Morgan fingerprint density at radius 1 is 1.30 bits per heavy atom. The lowest BCUT2D eigenvalue weighted by Gasteiger charge is -2.21. The van der Waals surface area contributed by atoms with Gasteiger partial charge < -0.3 is 20.1 Å². The Hall–Kier alpha value is -1.82. The topological polar surface area (TPSA) is 64.8 Å². The van der Waals surface area contributed by atoms with Gasteiger partial charge in [0.2, 0.25) is 0 Å². The average molecular weight is 296 g/mol. The lowest BCUT2D eigenvalue weighted by molar-refractivity contribution is 0.0786. The molecule has 2 N–H and O–H groups in total. The Morgan fingerprint density at radius 2 is 1.80 bits per heavy atom. The first-order valence-electron chi connectivity index (χ1n) is 6.17. The van der Waals surface area contributed by atoms with E-state index in [4.69, 9.17) is 27.4 Å². The molecule has 1 unspecified atom stereocenters. The van der Waals surface area contributed by atoms with Crippen LogP contribution in [-0.4, -0.2) is 43.6 Å². The van der Waals surface area contributed by atoms with E-state index in [1.807, 2.05) is 6.92 Å². The van der Waals surface area contributed by atoms with Gasteiger partial charge in [0.05, 0.1) is 19.2 Å². The van der Waals surface area contributed by atoms with Gasteiger partial charge in [-0.05, 0) is 12.1 Å². The van der Waals surface area contributed by atoms with Crippen molar-refractivity contribution in [2.45, 2.75) is 6.92 Å². The van der Waals surface area contributed by atoms with Gasteiger partial charge in [-0.25, -0.2) is 0 Å². The number of hydrogen-bond donors (Lipinski definition) is 1. The number of carbonyl (C=O) groups is 1. The van der Waals surface area contributed by atoms with Crippen molar-refractivity contribution in [1.82, 2.24) is 4.90 Å². The first kappa shape index (κ1) is 16.2. The first-order valence-corrected chi connectivity index (χ1v) is 6.57. The van der Waals surface area contributed by atoms with E-state index < -0.39 is 0 Å². The highest BCUT2D eigenvalue weighted by Gasteiger charge is 2.17. The van der Waals surface area contributed by atoms with Crippen molar-refractivity contribution in [2.75, 3.05) is 27.8 Å². The van der Waals surface area contributed by atoms with E-state index in [2.05, 4.69) is 0 Å². The van der Waals surface area contributed by atoms with Crippen LogP contribution in [0.25, 0.3) is 0 Å². The third-order valence-corrected chi connectivity index (χ3v) is 3.38. The molecule has 0 aliphatic rings. The van der Waals surface area contributed by atoms with Crippen LogP contribution in [0.4, 0.5) is 0 Å². The van der Waals surface area contributed by atoms with Crippen LogP contribution in [0.2, 0.25) is 0 Å². The summed E-state index contributed by atoms with van der Waals surface area (Å²) in [6.45, 7) is 2.35. The average Bonchev–Trinajstić information content (AvgIpc) is 2.45. The third-order valence-electron chi connectivity index (χ3n) is 2.98. The van der Waals surface area contributed by atoms with Crippen molar-refractivity contribution in [2.24, 2.45) is 11.7 Å². The molecular weight excluding hydrogens is 276 g/mol. The maximum atomic E-state index is 12.4. The summed E-state index contributed by atoms with van der Waals surface area (Å²) in [6.07, 6.45) is 0. The van der Waals surface area contributed by atoms with Crippen LogP contribution in [0.1, 0.15) is 17.3 Å². The first-order chi connectivity index (χ1) is 9.38. The molecule has 0 radical (unpaired) electrons. The minimum absolute atomic E-state index is 0.0357. The van der Waals surface area contributed by atoms with Gasteiger partial charge in [0.1, 0.15) is 11.5 Å². The summed E-state index contributed by atoms with van der Waals surface area (Å²) in [4.78, 5) is 14.3. The van der Waals surface area contributed by atoms with E-state index >= 15 is 0 Å². The van der Waals surface area contributed by atoms with Gasteiger partial charge in [-0.1, -0.05) is 19.1 Å². The normalized spacial score (nSPS) is 11.6. The minimum atomic E-state index is -0.134. The van der Waals surface area contributed by atoms with Crippen molar-refractivity contribution >= 4 is 23.1 Å². The minimum Gasteiger partial charge on any atom is -0.497 e. The van der Waals surface area contributed by atoms with Crippen LogP contribution in [0, 0.1) is 5.92 Å². The number of nitrogens with two attached hydrogens (primary N) is 1. The summed E-state index contributed by atoms with van der Waals surface area (Å²) in [6, 6.07) is 5.06. The Morgan fingerprint density at radius 3 is 2.20 bits per heavy atom. The van der Waals surface area contributed by atoms with Gasteiger partial charge in [-0.2, -0.15) is 0 Å². The highest BCUT2D eigenvalue weighted by Crippen LogP contribution is 2.23. The zero-order chi connectivity index (χ0) is 15.3. The van der Waals surface area contributed by atoms with Crippen LogP contribution < -0.4 is 15.2 Å². The molecule has 0 spiro atoms. The standard InChI is InChI=1S/C14H20N2O3S/c1-9(13(15)20)8-16(2)14(17)10-5-11(18-3)7-12(6-10)19-4/h5-7,9H,8H2,1-4H3,(H2,15,20). The van der Waals surface area contributed by atoms with Gasteiger partial charge in [0.15, 0.2) is 0 Å². The number of carbonyl (C=O) groups excluding carboxylic acids is 1. The van der Waals surface area contributed by atoms with E-state index in [0.29, 0.717) is 28.6 Å². The molecule has 0 aliphatic heterocycles. The van der Waals surface area contributed by atoms with Crippen molar-refractivity contribution in [3.63, 3.8) is 0 Å². The van der Waals surface area contributed by atoms with E-state index in [0.717, 1.165) is 0 Å². The summed E-state index contributed by atoms with van der Waals surface area (Å²) in [5.41, 5.74) is 6.07. The number of benzene rings is 1. The quantitative estimate of drug-likeness (QED) is 0.809. The molecule has 1 aromatic rings. The van der Waals surface area contributed by atoms with E-state index in [1.54, 1.807) is 44.4 Å². The monoisotopic (exact) mass is 296 g/mol. The molecule has 6 heteroatoms. The number of rotatable bonds is 6. The van der Waals surface area contributed by atoms with Crippen LogP contribution in [0.15, 0.2) is 18.2 Å². The number of hydrogen-bond acceptors (Lipinski definition) is 4. The molecule has 1 atom stereocenters. The molecule has 5 nitrogen and oxygen atoms in total. The molecule has 0 fully saturated rings. The van der Waals surface area contributed by atoms with Crippen LogP contribution in [0.5, 0.6) is 11.5 Å². The molecule has 20 heavy (non-hydrogen) atoms. The van der Waals surface area contributed by atoms with E-state index in [9.17, 15) is 4.79 Å². The third kappa shape index (κ3) is 4.09. The Balaban J connectivity index is 2.93. The van der Waals surface area contributed by atoms with E-state index in [-0.39, 0.29) is 11.8 Å². The molecule has 1 rings (SSSR count). The van der Waals surface area contributed by atoms with Crippen LogP contribution >= 0.6 is 12.2 Å². The van der Waals surface area contributed by atoms with Crippen molar-refractivity contribution in [3.05, 3.63) is 23.8 Å². The molecule has 1 amide bonds.